The van der Waals surface area contributed by atoms with E-state index in [1.807, 2.05) is 6.07 Å². The zero-order valence-corrected chi connectivity index (χ0v) is 15.8. The lowest BCUT2D eigenvalue weighted by molar-refractivity contribution is 0.373. The molecule has 0 spiro atoms. The summed E-state index contributed by atoms with van der Waals surface area (Å²) in [4.78, 5) is 7.99. The van der Waals surface area contributed by atoms with E-state index < -0.39 is 9.84 Å². The molecule has 9 nitrogen and oxygen atoms in total. The van der Waals surface area contributed by atoms with E-state index >= 15 is 0 Å². The molecule has 0 aliphatic heterocycles. The highest BCUT2D eigenvalue weighted by atomic mass is 32.2. The van der Waals surface area contributed by atoms with Gasteiger partial charge in [0.05, 0.1) is 18.1 Å². The molecular formula is C17H21N7O2S. The van der Waals surface area contributed by atoms with E-state index in [0.29, 0.717) is 29.8 Å². The first kappa shape index (κ1) is 19.0. The number of anilines is 3. The third kappa shape index (κ3) is 5.10. The summed E-state index contributed by atoms with van der Waals surface area (Å²) in [6.45, 7) is 0.699. The molecule has 3 rings (SSSR count). The normalized spacial score (nSPS) is 15.1. The minimum atomic E-state index is -3.51. The molecular weight excluding hydrogens is 366 g/mol. The minimum Gasteiger partial charge on any atom is -0.382 e. The van der Waals surface area contributed by atoms with E-state index in [9.17, 15) is 8.42 Å². The van der Waals surface area contributed by atoms with Gasteiger partial charge in [-0.3, -0.25) is 0 Å². The van der Waals surface area contributed by atoms with Gasteiger partial charge in [0.2, 0.25) is 5.03 Å². The van der Waals surface area contributed by atoms with Gasteiger partial charge >= 0.3 is 0 Å². The fourth-order valence-electron chi connectivity index (χ4n) is 3.07. The van der Waals surface area contributed by atoms with Crippen LogP contribution in [0.25, 0.3) is 0 Å². The molecule has 10 heteroatoms. The third-order valence-electron chi connectivity index (χ3n) is 4.44. The van der Waals surface area contributed by atoms with Crippen LogP contribution in [0, 0.1) is 17.2 Å². The number of nitrogens with zero attached hydrogens (tertiary/aromatic N) is 5. The molecule has 0 radical (unpaired) electrons. The smallest absolute Gasteiger partial charge is 0.200 e. The van der Waals surface area contributed by atoms with Crippen LogP contribution in [-0.2, 0) is 9.84 Å². The van der Waals surface area contributed by atoms with Gasteiger partial charge in [0.15, 0.2) is 21.3 Å². The lowest BCUT2D eigenvalue weighted by atomic mass is 9.89. The zero-order chi connectivity index (χ0) is 19.3. The van der Waals surface area contributed by atoms with Crippen LogP contribution in [0.3, 0.4) is 0 Å². The van der Waals surface area contributed by atoms with Crippen LogP contribution >= 0.6 is 0 Å². The SMILES string of the molecule is CS(=O)(=O)c1nnc(Nc2cnc(C#N)cn2)cc1NCC1CCCCC1. The summed E-state index contributed by atoms with van der Waals surface area (Å²) in [7, 11) is -3.51. The molecule has 0 amide bonds. The Morgan fingerprint density at radius 3 is 2.56 bits per heavy atom. The Labute approximate surface area is 158 Å². The molecule has 1 aliphatic carbocycles. The van der Waals surface area contributed by atoms with E-state index in [1.165, 1.54) is 31.7 Å². The van der Waals surface area contributed by atoms with Crippen molar-refractivity contribution in [2.45, 2.75) is 37.1 Å². The van der Waals surface area contributed by atoms with E-state index in [-0.39, 0.29) is 10.7 Å². The maximum atomic E-state index is 12.0. The highest BCUT2D eigenvalue weighted by Gasteiger charge is 2.19. The number of sulfone groups is 1. The van der Waals surface area contributed by atoms with Gasteiger partial charge in [0.25, 0.3) is 0 Å². The van der Waals surface area contributed by atoms with Crippen LogP contribution in [0.15, 0.2) is 23.5 Å². The first-order chi connectivity index (χ1) is 13.0. The second-order valence-corrected chi connectivity index (χ2v) is 8.56. The Bertz CT molecular complexity index is 933. The summed E-state index contributed by atoms with van der Waals surface area (Å²) in [5, 5.41) is 22.7. The predicted molar refractivity (Wildman–Crippen MR) is 100 cm³/mol. The molecule has 27 heavy (non-hydrogen) atoms. The highest BCUT2D eigenvalue weighted by molar-refractivity contribution is 7.90. The van der Waals surface area contributed by atoms with Crippen molar-refractivity contribution in [2.24, 2.45) is 5.92 Å². The lowest BCUT2D eigenvalue weighted by Crippen LogP contribution is -2.19. The Morgan fingerprint density at radius 2 is 1.93 bits per heavy atom. The van der Waals surface area contributed by atoms with Gasteiger partial charge in [0.1, 0.15) is 11.9 Å². The van der Waals surface area contributed by atoms with Gasteiger partial charge < -0.3 is 10.6 Å². The summed E-state index contributed by atoms with van der Waals surface area (Å²) in [5.41, 5.74) is 0.621. The molecule has 2 heterocycles. The van der Waals surface area contributed by atoms with Crippen molar-refractivity contribution in [3.05, 3.63) is 24.2 Å². The Morgan fingerprint density at radius 1 is 1.15 bits per heavy atom. The Kier molecular flexibility index (Phi) is 5.81. The van der Waals surface area contributed by atoms with Gasteiger partial charge in [-0.05, 0) is 18.8 Å². The quantitative estimate of drug-likeness (QED) is 0.765. The van der Waals surface area contributed by atoms with Gasteiger partial charge in [-0.2, -0.15) is 5.26 Å². The molecule has 2 aromatic heterocycles. The number of nitriles is 1. The monoisotopic (exact) mass is 387 g/mol. The maximum Gasteiger partial charge on any atom is 0.200 e. The van der Waals surface area contributed by atoms with E-state index in [4.69, 9.17) is 5.26 Å². The van der Waals surface area contributed by atoms with Crippen molar-refractivity contribution < 1.29 is 8.42 Å². The molecule has 1 aliphatic rings. The largest absolute Gasteiger partial charge is 0.382 e. The van der Waals surface area contributed by atoms with Crippen LogP contribution < -0.4 is 10.6 Å². The summed E-state index contributed by atoms with van der Waals surface area (Å²) >= 11 is 0. The van der Waals surface area contributed by atoms with Crippen LogP contribution in [0.4, 0.5) is 17.3 Å². The Balaban J connectivity index is 1.79. The average molecular weight is 387 g/mol. The summed E-state index contributed by atoms with van der Waals surface area (Å²) < 4.78 is 24.1. The second kappa shape index (κ2) is 8.26. The number of rotatable bonds is 6. The van der Waals surface area contributed by atoms with Crippen molar-refractivity contribution in [3.8, 4) is 6.07 Å². The fourth-order valence-corrected chi connectivity index (χ4v) is 3.79. The predicted octanol–water partition coefficient (Wildman–Crippen LogP) is 2.28. The fraction of sp³-hybridized carbons (Fsp3) is 0.471. The van der Waals surface area contributed by atoms with Gasteiger partial charge in [-0.25, -0.2) is 18.4 Å². The maximum absolute atomic E-state index is 12.0. The average Bonchev–Trinajstić information content (AvgIpc) is 2.67. The lowest BCUT2D eigenvalue weighted by Gasteiger charge is -2.22. The van der Waals surface area contributed by atoms with Gasteiger partial charge in [-0.15, -0.1) is 10.2 Å². The van der Waals surface area contributed by atoms with Crippen LogP contribution in [0.5, 0.6) is 0 Å². The molecule has 0 saturated heterocycles. The molecule has 0 bridgehead atoms. The number of hydrogen-bond acceptors (Lipinski definition) is 9. The number of hydrogen-bond donors (Lipinski definition) is 2. The van der Waals surface area contributed by atoms with E-state index in [0.717, 1.165) is 19.1 Å². The molecule has 0 unspecified atom stereocenters. The molecule has 1 fully saturated rings. The van der Waals surface area contributed by atoms with Gasteiger partial charge in [-0.1, -0.05) is 19.3 Å². The topological polar surface area (TPSA) is 134 Å². The molecule has 2 aromatic rings. The summed E-state index contributed by atoms with van der Waals surface area (Å²) in [6.07, 6.45) is 9.83. The molecule has 0 aromatic carbocycles. The Hall–Kier alpha value is -2.80. The van der Waals surface area contributed by atoms with Crippen molar-refractivity contribution in [3.63, 3.8) is 0 Å². The summed E-state index contributed by atoms with van der Waals surface area (Å²) in [5.74, 6) is 1.25. The summed E-state index contributed by atoms with van der Waals surface area (Å²) in [6, 6.07) is 3.50. The van der Waals surface area contributed by atoms with Gasteiger partial charge in [0, 0.05) is 18.9 Å². The van der Waals surface area contributed by atoms with Crippen LogP contribution in [0.1, 0.15) is 37.8 Å². The minimum absolute atomic E-state index is 0.0743. The van der Waals surface area contributed by atoms with Crippen molar-refractivity contribution in [1.82, 2.24) is 20.2 Å². The number of aromatic nitrogens is 4. The molecule has 2 N–H and O–H groups in total. The zero-order valence-electron chi connectivity index (χ0n) is 15.0. The van der Waals surface area contributed by atoms with Crippen LogP contribution in [0.2, 0.25) is 0 Å². The standard InChI is InChI=1S/C17H21N7O2S/c1-27(25,26)17-14(20-9-12-5-3-2-4-6-12)7-15(23-24-17)22-16-11-19-13(8-18)10-21-16/h7,10-12H,2-6,9H2,1H3,(H2,20,21,22,23). The van der Waals surface area contributed by atoms with Crippen molar-refractivity contribution in [2.75, 3.05) is 23.4 Å². The second-order valence-electron chi connectivity index (χ2n) is 6.63. The molecule has 1 saturated carbocycles. The van der Waals surface area contributed by atoms with Crippen LogP contribution in [-0.4, -0.2) is 41.4 Å². The highest BCUT2D eigenvalue weighted by Crippen LogP contribution is 2.26. The third-order valence-corrected chi connectivity index (χ3v) is 5.44. The van der Waals surface area contributed by atoms with Crippen molar-refractivity contribution in [1.29, 1.82) is 5.26 Å². The molecule has 0 atom stereocenters. The molecule has 142 valence electrons. The van der Waals surface area contributed by atoms with Crippen molar-refractivity contribution >= 4 is 27.2 Å². The first-order valence-electron chi connectivity index (χ1n) is 8.76. The number of nitrogens with one attached hydrogen (secondary N) is 2. The van der Waals surface area contributed by atoms with E-state index in [1.54, 1.807) is 6.07 Å². The van der Waals surface area contributed by atoms with E-state index in [2.05, 4.69) is 30.8 Å². The first-order valence-corrected chi connectivity index (χ1v) is 10.7.